The Labute approximate surface area is 131 Å². The van der Waals surface area contributed by atoms with E-state index in [4.69, 9.17) is 0 Å². The van der Waals surface area contributed by atoms with Gasteiger partial charge in [-0.2, -0.15) is 0 Å². The van der Waals surface area contributed by atoms with E-state index in [1.165, 1.54) is 90.6 Å². The molecule has 0 bridgehead atoms. The lowest BCUT2D eigenvalue weighted by Crippen LogP contribution is -2.53. The van der Waals surface area contributed by atoms with Gasteiger partial charge < -0.3 is 15.1 Å². The molecule has 21 heavy (non-hydrogen) atoms. The average Bonchev–Trinajstić information content (AvgIpc) is 2.53. The highest BCUT2D eigenvalue weighted by Crippen LogP contribution is 2.29. The molecule has 0 aromatic carbocycles. The molecule has 0 aromatic heterocycles. The number of nitrogens with one attached hydrogen (secondary N) is 1. The minimum absolute atomic E-state index is 0.880. The lowest BCUT2D eigenvalue weighted by atomic mass is 9.84. The molecule has 2 aliphatic heterocycles. The second-order valence-electron chi connectivity index (χ2n) is 7.75. The summed E-state index contributed by atoms with van der Waals surface area (Å²) in [5.41, 5.74) is 0. The molecule has 3 heteroatoms. The smallest absolute Gasteiger partial charge is 0.0145 e. The second-order valence-corrected chi connectivity index (χ2v) is 7.75. The zero-order valence-electron chi connectivity index (χ0n) is 14.0. The van der Waals surface area contributed by atoms with Crippen molar-refractivity contribution in [1.29, 1.82) is 0 Å². The Bertz CT molecular complexity index is 301. The van der Waals surface area contributed by atoms with Gasteiger partial charge in [-0.05, 0) is 70.6 Å². The number of likely N-dealkylation sites (tertiary alicyclic amines) is 2. The highest BCUT2D eigenvalue weighted by atomic mass is 15.2. The van der Waals surface area contributed by atoms with E-state index < -0.39 is 0 Å². The van der Waals surface area contributed by atoms with E-state index in [2.05, 4.69) is 22.2 Å². The summed E-state index contributed by atoms with van der Waals surface area (Å²) >= 11 is 0. The molecular formula is C18H35N3. The van der Waals surface area contributed by atoms with Crippen LogP contribution in [0.3, 0.4) is 0 Å². The molecule has 0 radical (unpaired) electrons. The molecule has 2 atom stereocenters. The largest absolute Gasteiger partial charge is 0.315 e. The molecule has 0 amide bonds. The first kappa shape index (κ1) is 15.8. The normalized spacial score (nSPS) is 33.0. The zero-order chi connectivity index (χ0) is 14.5. The summed E-state index contributed by atoms with van der Waals surface area (Å²) < 4.78 is 0. The molecule has 0 aromatic rings. The fourth-order valence-electron chi connectivity index (χ4n) is 4.87. The number of hydrogen-bond acceptors (Lipinski definition) is 3. The molecule has 3 fully saturated rings. The van der Waals surface area contributed by atoms with Gasteiger partial charge in [-0.15, -0.1) is 0 Å². The topological polar surface area (TPSA) is 18.5 Å². The van der Waals surface area contributed by atoms with E-state index in [9.17, 15) is 0 Å². The summed E-state index contributed by atoms with van der Waals surface area (Å²) in [5, 5.41) is 3.73. The van der Waals surface area contributed by atoms with E-state index in [0.717, 1.165) is 17.9 Å². The summed E-state index contributed by atoms with van der Waals surface area (Å²) in [6.07, 6.45) is 11.6. The van der Waals surface area contributed by atoms with Gasteiger partial charge in [-0.3, -0.25) is 0 Å². The summed E-state index contributed by atoms with van der Waals surface area (Å²) in [5.74, 6) is 1.91. The maximum Gasteiger partial charge on any atom is 0.0145 e. The third kappa shape index (κ3) is 4.43. The predicted octanol–water partition coefficient (Wildman–Crippen LogP) is 2.57. The molecule has 3 rings (SSSR count). The first-order chi connectivity index (χ1) is 10.3. The zero-order valence-corrected chi connectivity index (χ0v) is 14.0. The van der Waals surface area contributed by atoms with Gasteiger partial charge in [0.1, 0.15) is 0 Å². The van der Waals surface area contributed by atoms with Crippen molar-refractivity contribution >= 4 is 0 Å². The first-order valence-corrected chi connectivity index (χ1v) is 9.46. The molecule has 2 unspecified atom stereocenters. The van der Waals surface area contributed by atoms with Crippen molar-refractivity contribution in [3.63, 3.8) is 0 Å². The maximum atomic E-state index is 3.73. The van der Waals surface area contributed by atoms with Gasteiger partial charge in [0.25, 0.3) is 0 Å². The van der Waals surface area contributed by atoms with Crippen molar-refractivity contribution in [2.75, 3.05) is 46.3 Å². The highest BCUT2D eigenvalue weighted by Gasteiger charge is 2.33. The Kier molecular flexibility index (Phi) is 5.96. The van der Waals surface area contributed by atoms with Crippen LogP contribution >= 0.6 is 0 Å². The lowest BCUT2D eigenvalue weighted by molar-refractivity contribution is 0.0390. The predicted molar refractivity (Wildman–Crippen MR) is 89.6 cm³/mol. The Morgan fingerprint density at radius 3 is 2.67 bits per heavy atom. The van der Waals surface area contributed by atoms with Crippen LogP contribution in [0.1, 0.15) is 51.4 Å². The quantitative estimate of drug-likeness (QED) is 0.786. The Morgan fingerprint density at radius 1 is 0.952 bits per heavy atom. The second kappa shape index (κ2) is 7.94. The van der Waals surface area contributed by atoms with Gasteiger partial charge in [0.15, 0.2) is 0 Å². The van der Waals surface area contributed by atoms with E-state index in [1.807, 2.05) is 0 Å². The van der Waals surface area contributed by atoms with Gasteiger partial charge in [0.05, 0.1) is 0 Å². The highest BCUT2D eigenvalue weighted by molar-refractivity contribution is 4.89. The summed E-state index contributed by atoms with van der Waals surface area (Å²) in [6, 6.07) is 0.880. The Balaban J connectivity index is 1.31. The van der Waals surface area contributed by atoms with E-state index in [-0.39, 0.29) is 0 Å². The molecule has 2 saturated heterocycles. The molecule has 1 saturated carbocycles. The van der Waals surface area contributed by atoms with Gasteiger partial charge >= 0.3 is 0 Å². The summed E-state index contributed by atoms with van der Waals surface area (Å²) in [6.45, 7) is 7.72. The molecule has 0 spiro atoms. The van der Waals surface area contributed by atoms with Crippen LogP contribution < -0.4 is 5.32 Å². The fourth-order valence-corrected chi connectivity index (χ4v) is 4.87. The third-order valence-corrected chi connectivity index (χ3v) is 6.19. The summed E-state index contributed by atoms with van der Waals surface area (Å²) in [7, 11) is 2.33. The number of rotatable bonds is 5. The van der Waals surface area contributed by atoms with Crippen molar-refractivity contribution in [1.82, 2.24) is 15.1 Å². The molecule has 1 N–H and O–H groups in total. The van der Waals surface area contributed by atoms with Crippen LogP contribution in [-0.4, -0.2) is 62.2 Å². The minimum Gasteiger partial charge on any atom is -0.315 e. The van der Waals surface area contributed by atoms with E-state index in [1.54, 1.807) is 0 Å². The molecule has 3 nitrogen and oxygen atoms in total. The van der Waals surface area contributed by atoms with Crippen molar-refractivity contribution in [3.8, 4) is 0 Å². The molecule has 3 aliphatic rings. The van der Waals surface area contributed by atoms with Crippen LogP contribution in [0.4, 0.5) is 0 Å². The number of piperidine rings is 2. The van der Waals surface area contributed by atoms with E-state index in [0.29, 0.717) is 0 Å². The molecular weight excluding hydrogens is 258 g/mol. The number of hydrogen-bond donors (Lipinski definition) is 1. The SMILES string of the molecule is CN1CCCC2CN(CCNCC3CCCCC3)CCC21. The Hall–Kier alpha value is -0.120. The van der Waals surface area contributed by atoms with Crippen molar-refractivity contribution in [2.24, 2.45) is 11.8 Å². The molecule has 2 heterocycles. The summed E-state index contributed by atoms with van der Waals surface area (Å²) in [4.78, 5) is 5.33. The van der Waals surface area contributed by atoms with Crippen LogP contribution in [0.25, 0.3) is 0 Å². The lowest BCUT2D eigenvalue weighted by Gasteiger charge is -2.46. The van der Waals surface area contributed by atoms with Gasteiger partial charge in [0, 0.05) is 25.7 Å². The minimum atomic E-state index is 0.880. The van der Waals surface area contributed by atoms with Crippen molar-refractivity contribution in [3.05, 3.63) is 0 Å². The van der Waals surface area contributed by atoms with Gasteiger partial charge in [-0.1, -0.05) is 19.3 Å². The first-order valence-electron chi connectivity index (χ1n) is 9.46. The van der Waals surface area contributed by atoms with Crippen LogP contribution in [0.5, 0.6) is 0 Å². The van der Waals surface area contributed by atoms with Crippen LogP contribution in [0.2, 0.25) is 0 Å². The standard InChI is InChI=1S/C18H35N3/c1-20-11-5-8-17-15-21(12-9-18(17)20)13-10-19-14-16-6-3-2-4-7-16/h16-19H,2-15H2,1H3. The number of fused-ring (bicyclic) bond motifs is 1. The van der Waals surface area contributed by atoms with Crippen LogP contribution in [0.15, 0.2) is 0 Å². The van der Waals surface area contributed by atoms with Crippen LogP contribution in [0, 0.1) is 11.8 Å². The molecule has 1 aliphatic carbocycles. The van der Waals surface area contributed by atoms with E-state index >= 15 is 0 Å². The maximum absolute atomic E-state index is 3.73. The van der Waals surface area contributed by atoms with Gasteiger partial charge in [0.2, 0.25) is 0 Å². The average molecular weight is 293 g/mol. The van der Waals surface area contributed by atoms with Crippen molar-refractivity contribution < 1.29 is 0 Å². The van der Waals surface area contributed by atoms with Crippen LogP contribution in [-0.2, 0) is 0 Å². The Morgan fingerprint density at radius 2 is 1.81 bits per heavy atom. The van der Waals surface area contributed by atoms with Crippen molar-refractivity contribution in [2.45, 2.75) is 57.4 Å². The third-order valence-electron chi connectivity index (χ3n) is 6.19. The monoisotopic (exact) mass is 293 g/mol. The van der Waals surface area contributed by atoms with Gasteiger partial charge in [-0.25, -0.2) is 0 Å². The number of nitrogens with zero attached hydrogens (tertiary/aromatic N) is 2. The molecule has 122 valence electrons. The fraction of sp³-hybridized carbons (Fsp3) is 1.00.